The Labute approximate surface area is 133 Å². The molecule has 2 aromatic heterocycles. The maximum atomic E-state index is 12.5. The fourth-order valence-corrected chi connectivity index (χ4v) is 3.70. The van der Waals surface area contributed by atoms with Gasteiger partial charge in [-0.25, -0.2) is 4.98 Å². The summed E-state index contributed by atoms with van der Waals surface area (Å²) in [5, 5.41) is 12.6. The Kier molecular flexibility index (Phi) is 4.59. The minimum absolute atomic E-state index is 0.0937. The summed E-state index contributed by atoms with van der Waals surface area (Å²) in [6.07, 6.45) is 6.95. The van der Waals surface area contributed by atoms with Gasteiger partial charge in [-0.1, -0.05) is 12.8 Å². The Morgan fingerprint density at radius 3 is 3.05 bits per heavy atom. The monoisotopic (exact) mass is 320 g/mol. The second kappa shape index (κ2) is 6.62. The van der Waals surface area contributed by atoms with Crippen molar-refractivity contribution in [2.24, 2.45) is 5.92 Å². The van der Waals surface area contributed by atoms with E-state index < -0.39 is 0 Å². The number of hydrogen-bond acceptors (Lipinski definition) is 5. The van der Waals surface area contributed by atoms with E-state index in [0.29, 0.717) is 12.2 Å². The normalized spacial score (nSPS) is 21.7. The first kappa shape index (κ1) is 15.2. The minimum atomic E-state index is -0.291. The van der Waals surface area contributed by atoms with Crippen LogP contribution in [0.1, 0.15) is 36.2 Å². The molecule has 2 unspecified atom stereocenters. The van der Waals surface area contributed by atoms with Gasteiger partial charge >= 0.3 is 0 Å². The molecule has 0 radical (unpaired) electrons. The van der Waals surface area contributed by atoms with Crippen molar-refractivity contribution in [2.45, 2.75) is 31.8 Å². The molecule has 2 heterocycles. The van der Waals surface area contributed by atoms with Crippen molar-refractivity contribution in [1.82, 2.24) is 9.88 Å². The lowest BCUT2D eigenvalue weighted by Gasteiger charge is -2.30. The molecule has 3 rings (SSSR count). The van der Waals surface area contributed by atoms with Gasteiger partial charge in [0.2, 0.25) is 0 Å². The highest BCUT2D eigenvalue weighted by molar-refractivity contribution is 7.13. The molecular weight excluding hydrogens is 300 g/mol. The van der Waals surface area contributed by atoms with Crippen LogP contribution in [0.4, 0.5) is 0 Å². The molecule has 0 bridgehead atoms. The molecule has 0 spiro atoms. The molecule has 1 fully saturated rings. The van der Waals surface area contributed by atoms with Gasteiger partial charge in [0.25, 0.3) is 5.91 Å². The smallest absolute Gasteiger partial charge is 0.273 e. The van der Waals surface area contributed by atoms with Crippen molar-refractivity contribution in [3.63, 3.8) is 0 Å². The molecule has 0 aromatic carbocycles. The standard InChI is InChI=1S/C16H20N2O3S/c1-18(8-11-4-2-3-5-14(11)19)16(20)13-10-22-15(17-13)12-6-7-21-9-12/h6-7,9-11,14,19H,2-5,8H2,1H3. The summed E-state index contributed by atoms with van der Waals surface area (Å²) in [5.41, 5.74) is 1.34. The maximum Gasteiger partial charge on any atom is 0.273 e. The Morgan fingerprint density at radius 2 is 2.32 bits per heavy atom. The van der Waals surface area contributed by atoms with Crippen LogP contribution in [0.25, 0.3) is 10.6 Å². The highest BCUT2D eigenvalue weighted by Crippen LogP contribution is 2.27. The SMILES string of the molecule is CN(CC1CCCCC1O)C(=O)c1csc(-c2ccoc2)n1. The quantitative estimate of drug-likeness (QED) is 0.940. The number of carbonyl (C=O) groups is 1. The maximum absolute atomic E-state index is 12.5. The Balaban J connectivity index is 1.65. The minimum Gasteiger partial charge on any atom is -0.472 e. The lowest BCUT2D eigenvalue weighted by molar-refractivity contribution is 0.0449. The molecule has 2 aromatic rings. The lowest BCUT2D eigenvalue weighted by Crippen LogP contribution is -2.38. The Morgan fingerprint density at radius 1 is 1.50 bits per heavy atom. The molecule has 1 N–H and O–H groups in total. The molecule has 1 saturated carbocycles. The van der Waals surface area contributed by atoms with Crippen molar-refractivity contribution in [2.75, 3.05) is 13.6 Å². The number of nitrogens with zero attached hydrogens (tertiary/aromatic N) is 2. The third kappa shape index (κ3) is 3.23. The predicted molar refractivity (Wildman–Crippen MR) is 84.7 cm³/mol. The van der Waals surface area contributed by atoms with E-state index in [1.807, 2.05) is 6.07 Å². The van der Waals surface area contributed by atoms with E-state index in [-0.39, 0.29) is 17.9 Å². The topological polar surface area (TPSA) is 66.6 Å². The van der Waals surface area contributed by atoms with Crippen molar-refractivity contribution in [3.8, 4) is 10.6 Å². The fraction of sp³-hybridized carbons (Fsp3) is 0.500. The largest absolute Gasteiger partial charge is 0.472 e. The van der Waals surface area contributed by atoms with Gasteiger partial charge in [0, 0.05) is 30.5 Å². The number of hydrogen-bond donors (Lipinski definition) is 1. The van der Waals surface area contributed by atoms with Gasteiger partial charge in [-0.3, -0.25) is 4.79 Å². The van der Waals surface area contributed by atoms with Crippen LogP contribution in [0.2, 0.25) is 0 Å². The van der Waals surface area contributed by atoms with E-state index in [1.165, 1.54) is 11.3 Å². The van der Waals surface area contributed by atoms with E-state index in [2.05, 4.69) is 4.98 Å². The molecule has 1 aliphatic rings. The highest BCUT2D eigenvalue weighted by Gasteiger charge is 2.26. The zero-order valence-electron chi connectivity index (χ0n) is 12.6. The number of aliphatic hydroxyl groups excluding tert-OH is 1. The lowest BCUT2D eigenvalue weighted by atomic mass is 9.86. The second-order valence-electron chi connectivity index (χ2n) is 5.85. The van der Waals surface area contributed by atoms with Gasteiger partial charge in [-0.05, 0) is 18.9 Å². The zero-order valence-corrected chi connectivity index (χ0v) is 13.4. The summed E-state index contributed by atoms with van der Waals surface area (Å²) in [4.78, 5) is 18.5. The molecule has 118 valence electrons. The van der Waals surface area contributed by atoms with E-state index in [0.717, 1.165) is 36.3 Å². The second-order valence-corrected chi connectivity index (χ2v) is 6.71. The first-order valence-electron chi connectivity index (χ1n) is 7.57. The summed E-state index contributed by atoms with van der Waals surface area (Å²) < 4.78 is 5.04. The van der Waals surface area contributed by atoms with Crippen LogP contribution in [-0.2, 0) is 0 Å². The first-order valence-corrected chi connectivity index (χ1v) is 8.44. The predicted octanol–water partition coefficient (Wildman–Crippen LogP) is 3.03. The van der Waals surface area contributed by atoms with Crippen LogP contribution in [0.3, 0.4) is 0 Å². The molecule has 1 amide bonds. The van der Waals surface area contributed by atoms with Gasteiger partial charge in [0.15, 0.2) is 0 Å². The van der Waals surface area contributed by atoms with Gasteiger partial charge in [0.05, 0.1) is 12.4 Å². The molecule has 22 heavy (non-hydrogen) atoms. The van der Waals surface area contributed by atoms with Crippen LogP contribution in [0.15, 0.2) is 28.4 Å². The number of aliphatic hydroxyl groups is 1. The van der Waals surface area contributed by atoms with Crippen molar-refractivity contribution in [1.29, 1.82) is 0 Å². The zero-order chi connectivity index (χ0) is 15.5. The number of amides is 1. The number of thiazole rings is 1. The summed E-state index contributed by atoms with van der Waals surface area (Å²) in [6.45, 7) is 0.582. The van der Waals surface area contributed by atoms with Gasteiger partial charge in [0.1, 0.15) is 17.0 Å². The van der Waals surface area contributed by atoms with E-state index in [1.54, 1.807) is 29.9 Å². The molecule has 0 aliphatic heterocycles. The average molecular weight is 320 g/mol. The van der Waals surface area contributed by atoms with Crippen molar-refractivity contribution in [3.05, 3.63) is 29.7 Å². The van der Waals surface area contributed by atoms with Crippen LogP contribution in [-0.4, -0.2) is 40.6 Å². The summed E-state index contributed by atoms with van der Waals surface area (Å²) in [5.74, 6) is 0.0819. The third-order valence-electron chi connectivity index (χ3n) is 4.22. The van der Waals surface area contributed by atoms with Crippen LogP contribution in [0.5, 0.6) is 0 Å². The van der Waals surface area contributed by atoms with Gasteiger partial charge in [-0.2, -0.15) is 0 Å². The number of rotatable bonds is 4. The summed E-state index contributed by atoms with van der Waals surface area (Å²) in [7, 11) is 1.78. The third-order valence-corrected chi connectivity index (χ3v) is 5.11. The van der Waals surface area contributed by atoms with E-state index in [4.69, 9.17) is 4.42 Å². The van der Waals surface area contributed by atoms with Gasteiger partial charge < -0.3 is 14.4 Å². The summed E-state index contributed by atoms with van der Waals surface area (Å²) in [6, 6.07) is 1.83. The molecule has 0 saturated heterocycles. The molecular formula is C16H20N2O3S. The highest BCUT2D eigenvalue weighted by atomic mass is 32.1. The van der Waals surface area contributed by atoms with E-state index >= 15 is 0 Å². The molecule has 5 nitrogen and oxygen atoms in total. The first-order chi connectivity index (χ1) is 10.6. The Bertz CT molecular complexity index is 623. The Hall–Kier alpha value is -1.66. The molecule has 1 aliphatic carbocycles. The van der Waals surface area contributed by atoms with Crippen LogP contribution >= 0.6 is 11.3 Å². The average Bonchev–Trinajstić information content (AvgIpc) is 3.19. The van der Waals surface area contributed by atoms with Crippen molar-refractivity contribution < 1.29 is 14.3 Å². The molecule has 2 atom stereocenters. The van der Waals surface area contributed by atoms with Crippen LogP contribution in [0, 0.1) is 5.92 Å². The number of aromatic nitrogens is 1. The fourth-order valence-electron chi connectivity index (χ4n) is 2.92. The number of carbonyl (C=O) groups excluding carboxylic acids is 1. The van der Waals surface area contributed by atoms with Crippen LogP contribution < -0.4 is 0 Å². The molecule has 6 heteroatoms. The number of furan rings is 1. The summed E-state index contributed by atoms with van der Waals surface area (Å²) >= 11 is 1.43. The van der Waals surface area contributed by atoms with Gasteiger partial charge in [-0.15, -0.1) is 11.3 Å². The van der Waals surface area contributed by atoms with Crippen molar-refractivity contribution >= 4 is 17.2 Å². The van der Waals surface area contributed by atoms with E-state index in [9.17, 15) is 9.90 Å².